The van der Waals surface area contributed by atoms with Crippen LogP contribution in [0.25, 0.3) is 11.1 Å². The fourth-order valence-electron chi connectivity index (χ4n) is 2.00. The van der Waals surface area contributed by atoms with Crippen LogP contribution in [0.4, 0.5) is 4.39 Å². The lowest BCUT2D eigenvalue weighted by molar-refractivity contribution is 0.0520. The molecule has 0 heterocycles. The zero-order valence-electron chi connectivity index (χ0n) is 11.6. The van der Waals surface area contributed by atoms with Crippen LogP contribution in [-0.4, -0.2) is 23.7 Å². The number of benzene rings is 2. The maximum Gasteiger partial charge on any atom is 0.341 e. The number of hydrogen-bond acceptors (Lipinski definition) is 3. The first kappa shape index (κ1) is 16.0. The van der Waals surface area contributed by atoms with Gasteiger partial charge in [-0.2, -0.15) is 0 Å². The minimum Gasteiger partial charge on any atom is -0.478 e. The number of ether oxygens (including phenoxy) is 1. The van der Waals surface area contributed by atoms with E-state index < -0.39 is 17.8 Å². The molecule has 0 spiro atoms. The summed E-state index contributed by atoms with van der Waals surface area (Å²) in [7, 11) is 0. The third kappa shape index (κ3) is 3.26. The lowest BCUT2D eigenvalue weighted by Gasteiger charge is -2.09. The van der Waals surface area contributed by atoms with Gasteiger partial charge in [-0.3, -0.25) is 0 Å². The predicted octanol–water partition coefficient (Wildman–Crippen LogP) is 4.02. The molecule has 0 aliphatic carbocycles. The van der Waals surface area contributed by atoms with Crippen LogP contribution < -0.4 is 0 Å². The molecule has 2 aromatic rings. The highest BCUT2D eigenvalue weighted by atomic mass is 35.5. The van der Waals surface area contributed by atoms with E-state index in [0.717, 1.165) is 6.07 Å². The van der Waals surface area contributed by atoms with E-state index in [0.29, 0.717) is 10.6 Å². The van der Waals surface area contributed by atoms with Gasteiger partial charge in [0.15, 0.2) is 0 Å². The molecule has 2 aromatic carbocycles. The Balaban J connectivity index is 2.51. The van der Waals surface area contributed by atoms with Gasteiger partial charge >= 0.3 is 11.9 Å². The fraction of sp³-hybridized carbons (Fsp3) is 0.125. The van der Waals surface area contributed by atoms with Crippen molar-refractivity contribution >= 4 is 23.5 Å². The maximum absolute atomic E-state index is 14.1. The summed E-state index contributed by atoms with van der Waals surface area (Å²) in [5.74, 6) is -2.70. The first-order chi connectivity index (χ1) is 10.4. The number of hydrogen-bond donors (Lipinski definition) is 1. The molecule has 0 saturated heterocycles. The Kier molecular flexibility index (Phi) is 4.78. The first-order valence-corrected chi connectivity index (χ1v) is 6.81. The van der Waals surface area contributed by atoms with Crippen LogP contribution in [0.1, 0.15) is 27.6 Å². The van der Waals surface area contributed by atoms with Crippen molar-refractivity contribution in [1.29, 1.82) is 0 Å². The van der Waals surface area contributed by atoms with Crippen molar-refractivity contribution in [3.05, 3.63) is 58.4 Å². The van der Waals surface area contributed by atoms with Gasteiger partial charge in [0.25, 0.3) is 0 Å². The Hall–Kier alpha value is -2.40. The quantitative estimate of drug-likeness (QED) is 0.863. The average Bonchev–Trinajstić information content (AvgIpc) is 2.46. The average molecular weight is 323 g/mol. The van der Waals surface area contributed by atoms with Gasteiger partial charge in [0.2, 0.25) is 0 Å². The first-order valence-electron chi connectivity index (χ1n) is 6.44. The van der Waals surface area contributed by atoms with Gasteiger partial charge in [-0.1, -0.05) is 17.7 Å². The Morgan fingerprint density at radius 1 is 1.18 bits per heavy atom. The van der Waals surface area contributed by atoms with Crippen LogP contribution in [0.2, 0.25) is 5.02 Å². The molecule has 22 heavy (non-hydrogen) atoms. The molecule has 6 heteroatoms. The van der Waals surface area contributed by atoms with Gasteiger partial charge in [-0.25, -0.2) is 14.0 Å². The van der Waals surface area contributed by atoms with E-state index >= 15 is 0 Å². The molecular formula is C16H12ClFO4. The van der Waals surface area contributed by atoms with Crippen LogP contribution in [0.15, 0.2) is 36.4 Å². The third-order valence-electron chi connectivity index (χ3n) is 2.99. The Bertz CT molecular complexity index is 743. The lowest BCUT2D eigenvalue weighted by atomic mass is 9.98. The molecule has 114 valence electrons. The highest BCUT2D eigenvalue weighted by Gasteiger charge is 2.17. The number of carbonyl (C=O) groups excluding carboxylic acids is 1. The summed E-state index contributed by atoms with van der Waals surface area (Å²) >= 11 is 5.87. The molecule has 0 radical (unpaired) electrons. The highest BCUT2D eigenvalue weighted by Crippen LogP contribution is 2.28. The van der Waals surface area contributed by atoms with Gasteiger partial charge in [0.05, 0.1) is 17.7 Å². The zero-order valence-corrected chi connectivity index (χ0v) is 12.4. The summed E-state index contributed by atoms with van der Waals surface area (Å²) in [6.45, 7) is 1.76. The van der Waals surface area contributed by atoms with Gasteiger partial charge < -0.3 is 9.84 Å². The number of carboxylic acids is 1. The second kappa shape index (κ2) is 6.58. The summed E-state index contributed by atoms with van der Waals surface area (Å²) in [5, 5.41) is 9.52. The number of aromatic carboxylic acids is 1. The molecule has 0 aromatic heterocycles. The van der Waals surface area contributed by atoms with Gasteiger partial charge in [-0.15, -0.1) is 0 Å². The van der Waals surface area contributed by atoms with Crippen LogP contribution >= 0.6 is 11.6 Å². The number of esters is 1. The SMILES string of the molecule is CCOC(=O)c1ccc(-c2cc(Cl)ccc2C(=O)O)cc1F. The van der Waals surface area contributed by atoms with Crippen molar-refractivity contribution in [1.82, 2.24) is 0 Å². The maximum atomic E-state index is 14.1. The summed E-state index contributed by atoms with van der Waals surface area (Å²) < 4.78 is 18.8. The van der Waals surface area contributed by atoms with Crippen LogP contribution in [0, 0.1) is 5.82 Å². The minimum atomic E-state index is -1.15. The van der Waals surface area contributed by atoms with E-state index in [1.165, 1.54) is 30.3 Å². The van der Waals surface area contributed by atoms with Crippen molar-refractivity contribution in [3.63, 3.8) is 0 Å². The summed E-state index contributed by atoms with van der Waals surface area (Å²) in [4.78, 5) is 22.8. The van der Waals surface area contributed by atoms with Crippen LogP contribution in [-0.2, 0) is 4.74 Å². The molecule has 4 nitrogen and oxygen atoms in total. The largest absolute Gasteiger partial charge is 0.478 e. The molecular weight excluding hydrogens is 311 g/mol. The topological polar surface area (TPSA) is 63.6 Å². The summed E-state index contributed by atoms with van der Waals surface area (Å²) in [6, 6.07) is 8.02. The normalized spacial score (nSPS) is 10.3. The predicted molar refractivity (Wildman–Crippen MR) is 79.8 cm³/mol. The van der Waals surface area contributed by atoms with Crippen LogP contribution in [0.3, 0.4) is 0 Å². The number of halogens is 2. The van der Waals surface area contributed by atoms with Crippen molar-refractivity contribution in [2.24, 2.45) is 0 Å². The van der Waals surface area contributed by atoms with E-state index in [4.69, 9.17) is 16.3 Å². The zero-order chi connectivity index (χ0) is 16.3. The fourth-order valence-corrected chi connectivity index (χ4v) is 2.17. The monoisotopic (exact) mass is 322 g/mol. The van der Waals surface area contributed by atoms with Gasteiger partial charge in [-0.05, 0) is 48.4 Å². The van der Waals surface area contributed by atoms with Crippen LogP contribution in [0.5, 0.6) is 0 Å². The molecule has 0 aliphatic rings. The molecule has 0 saturated carbocycles. The van der Waals surface area contributed by atoms with Crippen molar-refractivity contribution in [3.8, 4) is 11.1 Å². The number of rotatable bonds is 4. The Morgan fingerprint density at radius 3 is 2.45 bits per heavy atom. The second-order valence-corrected chi connectivity index (χ2v) is 4.85. The molecule has 0 aliphatic heterocycles. The number of carboxylic acid groups (broad SMARTS) is 1. The van der Waals surface area contributed by atoms with Crippen molar-refractivity contribution in [2.45, 2.75) is 6.92 Å². The lowest BCUT2D eigenvalue weighted by Crippen LogP contribution is -2.07. The minimum absolute atomic E-state index is 0.00677. The Labute approximate surface area is 131 Å². The second-order valence-electron chi connectivity index (χ2n) is 4.41. The highest BCUT2D eigenvalue weighted by molar-refractivity contribution is 6.31. The molecule has 0 unspecified atom stereocenters. The van der Waals surface area contributed by atoms with Gasteiger partial charge in [0, 0.05) is 5.02 Å². The van der Waals surface area contributed by atoms with E-state index in [9.17, 15) is 19.1 Å². The summed E-state index contributed by atoms with van der Waals surface area (Å²) in [6.07, 6.45) is 0. The van der Waals surface area contributed by atoms with E-state index in [1.807, 2.05) is 0 Å². The molecule has 0 bridgehead atoms. The third-order valence-corrected chi connectivity index (χ3v) is 3.22. The molecule has 0 atom stereocenters. The standard InChI is InChI=1S/C16H12ClFO4/c1-2-22-16(21)12-5-3-9(7-14(12)18)13-8-10(17)4-6-11(13)15(19)20/h3-8H,2H2,1H3,(H,19,20). The smallest absolute Gasteiger partial charge is 0.341 e. The van der Waals surface area contributed by atoms with Gasteiger partial charge in [0.1, 0.15) is 5.82 Å². The Morgan fingerprint density at radius 2 is 1.86 bits per heavy atom. The van der Waals surface area contributed by atoms with E-state index in [2.05, 4.69) is 0 Å². The van der Waals surface area contributed by atoms with E-state index in [1.54, 1.807) is 6.92 Å². The molecule has 0 amide bonds. The molecule has 2 rings (SSSR count). The van der Waals surface area contributed by atoms with E-state index in [-0.39, 0.29) is 23.3 Å². The number of carbonyl (C=O) groups is 2. The summed E-state index contributed by atoms with van der Waals surface area (Å²) in [5.41, 5.74) is 0.372. The van der Waals surface area contributed by atoms with Crippen molar-refractivity contribution < 1.29 is 23.8 Å². The molecule has 1 N–H and O–H groups in total. The van der Waals surface area contributed by atoms with Crippen molar-refractivity contribution in [2.75, 3.05) is 6.61 Å². The molecule has 0 fully saturated rings.